The van der Waals surface area contributed by atoms with Crippen LogP contribution in [0.1, 0.15) is 57.1 Å². The van der Waals surface area contributed by atoms with Crippen LogP contribution in [0, 0.1) is 5.92 Å². The summed E-state index contributed by atoms with van der Waals surface area (Å²) < 4.78 is 1.91. The third-order valence-electron chi connectivity index (χ3n) is 5.27. The van der Waals surface area contributed by atoms with Gasteiger partial charge in [-0.25, -0.2) is 4.68 Å². The normalized spacial score (nSPS) is 23.6. The van der Waals surface area contributed by atoms with E-state index in [1.54, 1.807) is 0 Å². The van der Waals surface area contributed by atoms with Crippen molar-refractivity contribution in [3.8, 4) is 0 Å². The maximum atomic E-state index is 12.5. The molecule has 2 atom stereocenters. The summed E-state index contributed by atoms with van der Waals surface area (Å²) in [4.78, 5) is 17.0. The fraction of sp³-hybridized carbons (Fsp3) is 0.526. The predicted molar refractivity (Wildman–Crippen MR) is 97.5 cm³/mol. The number of amides is 1. The van der Waals surface area contributed by atoms with Gasteiger partial charge in [0.15, 0.2) is 0 Å². The van der Waals surface area contributed by atoms with E-state index in [-0.39, 0.29) is 17.9 Å². The summed E-state index contributed by atoms with van der Waals surface area (Å²) in [5, 5.41) is 10.9. The van der Waals surface area contributed by atoms with E-state index in [2.05, 4.69) is 39.8 Å². The highest BCUT2D eigenvalue weighted by Crippen LogP contribution is 2.32. The Morgan fingerprint density at radius 1 is 1.20 bits per heavy atom. The number of nitrogens with zero attached hydrogens (tertiary/aromatic N) is 3. The van der Waals surface area contributed by atoms with E-state index < -0.39 is 0 Å². The van der Waals surface area contributed by atoms with Crippen molar-refractivity contribution in [3.63, 3.8) is 0 Å². The average molecular weight is 339 g/mol. The van der Waals surface area contributed by atoms with Crippen LogP contribution >= 0.6 is 0 Å². The van der Waals surface area contributed by atoms with Crippen molar-refractivity contribution in [1.29, 1.82) is 0 Å². The number of hydrogen-bond donors (Lipinski definition) is 2. The molecule has 0 bridgehead atoms. The molecule has 0 spiro atoms. The smallest absolute Gasteiger partial charge is 0.250 e. The van der Waals surface area contributed by atoms with Crippen molar-refractivity contribution in [1.82, 2.24) is 14.8 Å². The highest BCUT2D eigenvalue weighted by atomic mass is 16.2. The molecule has 1 saturated carbocycles. The van der Waals surface area contributed by atoms with E-state index >= 15 is 0 Å². The lowest BCUT2D eigenvalue weighted by molar-refractivity contribution is -0.120. The van der Waals surface area contributed by atoms with Gasteiger partial charge in [0, 0.05) is 12.0 Å². The van der Waals surface area contributed by atoms with Crippen LogP contribution in [0.15, 0.2) is 30.3 Å². The molecule has 0 radical (unpaired) electrons. The van der Waals surface area contributed by atoms with Crippen LogP contribution in [0.2, 0.25) is 0 Å². The molecule has 2 heterocycles. The van der Waals surface area contributed by atoms with Crippen LogP contribution < -0.4 is 10.6 Å². The SMILES string of the molecule is C[C@H]1C[C@H](c2ccccc2)n2nc(NC(=O)C3CCCCC3)nc2N1. The summed E-state index contributed by atoms with van der Waals surface area (Å²) in [5.74, 6) is 1.30. The zero-order chi connectivity index (χ0) is 17.2. The Bertz CT molecular complexity index is 736. The molecule has 2 aliphatic rings. The topological polar surface area (TPSA) is 71.8 Å². The zero-order valence-electron chi connectivity index (χ0n) is 14.6. The van der Waals surface area contributed by atoms with Crippen molar-refractivity contribution >= 4 is 17.8 Å². The number of hydrogen-bond acceptors (Lipinski definition) is 4. The Morgan fingerprint density at radius 3 is 2.72 bits per heavy atom. The van der Waals surface area contributed by atoms with Gasteiger partial charge in [-0.2, -0.15) is 4.98 Å². The van der Waals surface area contributed by atoms with Gasteiger partial charge in [0.05, 0.1) is 6.04 Å². The van der Waals surface area contributed by atoms with Gasteiger partial charge in [-0.3, -0.25) is 10.1 Å². The van der Waals surface area contributed by atoms with Crippen molar-refractivity contribution < 1.29 is 4.79 Å². The summed E-state index contributed by atoms with van der Waals surface area (Å²) in [5.41, 5.74) is 1.21. The molecule has 6 heteroatoms. The van der Waals surface area contributed by atoms with Crippen molar-refractivity contribution in [2.24, 2.45) is 5.92 Å². The van der Waals surface area contributed by atoms with E-state index in [0.717, 1.165) is 38.1 Å². The Labute approximate surface area is 148 Å². The number of nitrogens with one attached hydrogen (secondary N) is 2. The van der Waals surface area contributed by atoms with Crippen LogP contribution in [0.25, 0.3) is 0 Å². The largest absolute Gasteiger partial charge is 0.352 e. The van der Waals surface area contributed by atoms with Crippen molar-refractivity contribution in [2.75, 3.05) is 10.6 Å². The second-order valence-electron chi connectivity index (χ2n) is 7.24. The minimum Gasteiger partial charge on any atom is -0.352 e. The standard InChI is InChI=1S/C19H25N5O/c1-13-12-16(14-8-4-2-5-9-14)24-19(20-13)22-18(23-24)21-17(25)15-10-6-3-7-11-15/h2,4-5,8-9,13,15-16H,3,6-7,10-12H2,1H3,(H2,20,21,22,23,25)/t13-,16+/m0/s1. The summed E-state index contributed by atoms with van der Waals surface area (Å²) in [6.07, 6.45) is 6.40. The monoisotopic (exact) mass is 339 g/mol. The quantitative estimate of drug-likeness (QED) is 0.896. The van der Waals surface area contributed by atoms with Crippen LogP contribution in [0.5, 0.6) is 0 Å². The van der Waals surface area contributed by atoms with Gasteiger partial charge in [-0.15, -0.1) is 5.10 Å². The average Bonchev–Trinajstić information content (AvgIpc) is 3.04. The van der Waals surface area contributed by atoms with Gasteiger partial charge in [0.25, 0.3) is 5.95 Å². The Morgan fingerprint density at radius 2 is 1.96 bits per heavy atom. The first-order chi connectivity index (χ1) is 12.2. The lowest BCUT2D eigenvalue weighted by atomic mass is 9.89. The van der Waals surface area contributed by atoms with E-state index in [1.165, 1.54) is 12.0 Å². The first kappa shape index (κ1) is 16.1. The number of rotatable bonds is 3. The molecule has 4 rings (SSSR count). The highest BCUT2D eigenvalue weighted by Gasteiger charge is 2.29. The van der Waals surface area contributed by atoms with Crippen LogP contribution in [0.4, 0.5) is 11.9 Å². The molecule has 1 aromatic heterocycles. The Hall–Kier alpha value is -2.37. The minimum absolute atomic E-state index is 0.0620. The molecule has 132 valence electrons. The molecule has 1 fully saturated rings. The molecular weight excluding hydrogens is 314 g/mol. The van der Waals surface area contributed by atoms with E-state index in [1.807, 2.05) is 22.9 Å². The van der Waals surface area contributed by atoms with Crippen LogP contribution in [0.3, 0.4) is 0 Å². The third kappa shape index (κ3) is 3.38. The molecule has 0 unspecified atom stereocenters. The third-order valence-corrected chi connectivity index (χ3v) is 5.27. The van der Waals surface area contributed by atoms with Crippen LogP contribution in [-0.2, 0) is 4.79 Å². The lowest BCUT2D eigenvalue weighted by Gasteiger charge is -2.29. The molecule has 0 saturated heterocycles. The molecular formula is C19H25N5O. The number of aromatic nitrogens is 3. The van der Waals surface area contributed by atoms with Gasteiger partial charge in [0.2, 0.25) is 11.9 Å². The second-order valence-corrected chi connectivity index (χ2v) is 7.24. The maximum Gasteiger partial charge on any atom is 0.250 e. The number of anilines is 2. The lowest BCUT2D eigenvalue weighted by Crippen LogP contribution is -2.31. The van der Waals surface area contributed by atoms with E-state index in [0.29, 0.717) is 12.0 Å². The molecule has 1 amide bonds. The zero-order valence-corrected chi connectivity index (χ0v) is 14.6. The molecule has 2 N–H and O–H groups in total. The molecule has 1 aliphatic carbocycles. The minimum atomic E-state index is 0.0620. The summed E-state index contributed by atoms with van der Waals surface area (Å²) in [7, 11) is 0. The maximum absolute atomic E-state index is 12.5. The molecule has 6 nitrogen and oxygen atoms in total. The fourth-order valence-corrected chi connectivity index (χ4v) is 3.94. The molecule has 1 aliphatic heterocycles. The molecule has 1 aromatic carbocycles. The summed E-state index contributed by atoms with van der Waals surface area (Å²) in [6.45, 7) is 2.15. The Balaban J connectivity index is 1.56. The fourth-order valence-electron chi connectivity index (χ4n) is 3.94. The molecule has 25 heavy (non-hydrogen) atoms. The number of carbonyl (C=O) groups excluding carboxylic acids is 1. The first-order valence-electron chi connectivity index (χ1n) is 9.29. The first-order valence-corrected chi connectivity index (χ1v) is 9.29. The van der Waals surface area contributed by atoms with Gasteiger partial charge in [-0.05, 0) is 31.7 Å². The van der Waals surface area contributed by atoms with Crippen molar-refractivity contribution in [3.05, 3.63) is 35.9 Å². The summed E-state index contributed by atoms with van der Waals surface area (Å²) >= 11 is 0. The van der Waals surface area contributed by atoms with Gasteiger partial charge >= 0.3 is 0 Å². The highest BCUT2D eigenvalue weighted by molar-refractivity contribution is 5.91. The molecule has 2 aromatic rings. The van der Waals surface area contributed by atoms with Gasteiger partial charge < -0.3 is 5.32 Å². The van der Waals surface area contributed by atoms with Crippen molar-refractivity contribution in [2.45, 2.75) is 57.5 Å². The van der Waals surface area contributed by atoms with E-state index in [4.69, 9.17) is 0 Å². The number of fused-ring (bicyclic) bond motifs is 1. The van der Waals surface area contributed by atoms with Gasteiger partial charge in [-0.1, -0.05) is 49.6 Å². The number of carbonyl (C=O) groups is 1. The predicted octanol–water partition coefficient (Wildman–Crippen LogP) is 3.59. The summed E-state index contributed by atoms with van der Waals surface area (Å²) in [6, 6.07) is 10.8. The Kier molecular flexibility index (Phi) is 4.42. The van der Waals surface area contributed by atoms with Crippen LogP contribution in [-0.4, -0.2) is 26.7 Å². The van der Waals surface area contributed by atoms with E-state index in [9.17, 15) is 4.79 Å². The number of benzene rings is 1. The van der Waals surface area contributed by atoms with Gasteiger partial charge in [0.1, 0.15) is 0 Å². The second kappa shape index (κ2) is 6.86.